The standard InChI is InChI=1S/C16H24N2O/c1-13(15(19)14-8-5-4-6-9-14)18-12-16(2,3)10-7-11-17/h4-6,8-9,13,15,18-19H,7,10,12H2,1-3H3. The number of aliphatic hydroxyl groups is 1. The van der Waals surface area contributed by atoms with Gasteiger partial charge in [0.2, 0.25) is 0 Å². The smallest absolute Gasteiger partial charge is 0.0940 e. The summed E-state index contributed by atoms with van der Waals surface area (Å²) in [5.74, 6) is 0. The molecule has 104 valence electrons. The number of hydrogen-bond donors (Lipinski definition) is 2. The van der Waals surface area contributed by atoms with Gasteiger partial charge in [0.05, 0.1) is 12.2 Å². The maximum atomic E-state index is 10.2. The van der Waals surface area contributed by atoms with Crippen LogP contribution >= 0.6 is 0 Å². The van der Waals surface area contributed by atoms with Gasteiger partial charge in [0.1, 0.15) is 0 Å². The van der Waals surface area contributed by atoms with E-state index >= 15 is 0 Å². The molecule has 0 amide bonds. The van der Waals surface area contributed by atoms with Gasteiger partial charge in [0, 0.05) is 19.0 Å². The Balaban J connectivity index is 2.47. The number of rotatable bonds is 7. The molecule has 1 rings (SSSR count). The van der Waals surface area contributed by atoms with E-state index in [4.69, 9.17) is 5.26 Å². The van der Waals surface area contributed by atoms with Crippen molar-refractivity contribution < 1.29 is 5.11 Å². The lowest BCUT2D eigenvalue weighted by molar-refractivity contribution is 0.128. The molecule has 3 heteroatoms. The van der Waals surface area contributed by atoms with Gasteiger partial charge in [-0.1, -0.05) is 44.2 Å². The second kappa shape index (κ2) is 7.28. The van der Waals surface area contributed by atoms with Gasteiger partial charge in [-0.2, -0.15) is 5.26 Å². The van der Waals surface area contributed by atoms with E-state index < -0.39 is 6.10 Å². The van der Waals surface area contributed by atoms with Crippen LogP contribution in [0.1, 0.15) is 45.3 Å². The summed E-state index contributed by atoms with van der Waals surface area (Å²) < 4.78 is 0. The van der Waals surface area contributed by atoms with Crippen LogP contribution in [0.3, 0.4) is 0 Å². The SMILES string of the molecule is CC(NCC(C)(C)CCC#N)C(O)c1ccccc1. The van der Waals surface area contributed by atoms with Gasteiger partial charge in [-0.05, 0) is 24.3 Å². The minimum absolute atomic E-state index is 0.0104. The first-order valence-electron chi connectivity index (χ1n) is 6.79. The second-order valence-electron chi connectivity index (χ2n) is 5.85. The first kappa shape index (κ1) is 15.7. The van der Waals surface area contributed by atoms with Crippen LogP contribution in [0.2, 0.25) is 0 Å². The van der Waals surface area contributed by atoms with Crippen LogP contribution in [0.15, 0.2) is 30.3 Å². The molecule has 0 bridgehead atoms. The summed E-state index contributed by atoms with van der Waals surface area (Å²) in [7, 11) is 0. The van der Waals surface area contributed by atoms with Crippen molar-refractivity contribution in [2.45, 2.75) is 45.8 Å². The Hall–Kier alpha value is -1.37. The van der Waals surface area contributed by atoms with Crippen molar-refractivity contribution in [3.05, 3.63) is 35.9 Å². The number of nitrogens with zero attached hydrogens (tertiary/aromatic N) is 1. The number of aliphatic hydroxyl groups excluding tert-OH is 1. The summed E-state index contributed by atoms with van der Waals surface area (Å²) in [6.45, 7) is 7.05. The maximum Gasteiger partial charge on any atom is 0.0940 e. The van der Waals surface area contributed by atoms with Crippen LogP contribution in [-0.2, 0) is 0 Å². The Kier molecular flexibility index (Phi) is 6.01. The zero-order valence-electron chi connectivity index (χ0n) is 12.1. The van der Waals surface area contributed by atoms with E-state index in [0.717, 1.165) is 18.5 Å². The molecule has 0 aliphatic heterocycles. The fourth-order valence-corrected chi connectivity index (χ4v) is 1.97. The molecular weight excluding hydrogens is 236 g/mol. The number of nitrogens with one attached hydrogen (secondary N) is 1. The van der Waals surface area contributed by atoms with Gasteiger partial charge >= 0.3 is 0 Å². The molecule has 0 radical (unpaired) electrons. The summed E-state index contributed by atoms with van der Waals surface area (Å²) in [5, 5.41) is 22.3. The maximum absolute atomic E-state index is 10.2. The summed E-state index contributed by atoms with van der Waals surface area (Å²) in [6.07, 6.45) is 0.933. The molecule has 0 aliphatic carbocycles. The summed E-state index contributed by atoms with van der Waals surface area (Å²) in [4.78, 5) is 0. The number of hydrogen-bond acceptors (Lipinski definition) is 3. The summed E-state index contributed by atoms with van der Waals surface area (Å²) >= 11 is 0. The van der Waals surface area contributed by atoms with Crippen LogP contribution in [0.25, 0.3) is 0 Å². The molecule has 0 fully saturated rings. The Morgan fingerprint density at radius 1 is 1.32 bits per heavy atom. The largest absolute Gasteiger partial charge is 0.387 e. The normalized spacial score (nSPS) is 14.7. The van der Waals surface area contributed by atoms with Gasteiger partial charge < -0.3 is 10.4 Å². The van der Waals surface area contributed by atoms with Crippen molar-refractivity contribution in [3.8, 4) is 6.07 Å². The predicted molar refractivity (Wildman–Crippen MR) is 77.5 cm³/mol. The van der Waals surface area contributed by atoms with Crippen LogP contribution in [-0.4, -0.2) is 17.7 Å². The van der Waals surface area contributed by atoms with Gasteiger partial charge in [-0.25, -0.2) is 0 Å². The number of nitriles is 1. The van der Waals surface area contributed by atoms with Crippen LogP contribution in [0, 0.1) is 16.7 Å². The molecule has 19 heavy (non-hydrogen) atoms. The first-order chi connectivity index (χ1) is 8.96. The predicted octanol–water partition coefficient (Wildman–Crippen LogP) is 3.03. The lowest BCUT2D eigenvalue weighted by atomic mass is 9.87. The van der Waals surface area contributed by atoms with Crippen LogP contribution in [0.5, 0.6) is 0 Å². The molecule has 0 aromatic heterocycles. The van der Waals surface area contributed by atoms with Crippen LogP contribution < -0.4 is 5.32 Å². The number of benzene rings is 1. The zero-order valence-corrected chi connectivity index (χ0v) is 12.1. The molecule has 2 atom stereocenters. The zero-order chi connectivity index (χ0) is 14.3. The monoisotopic (exact) mass is 260 g/mol. The van der Waals surface area contributed by atoms with Crippen LogP contribution in [0.4, 0.5) is 0 Å². The molecule has 1 aromatic carbocycles. The van der Waals surface area contributed by atoms with Crippen molar-refractivity contribution in [1.29, 1.82) is 5.26 Å². The quantitative estimate of drug-likeness (QED) is 0.792. The second-order valence-corrected chi connectivity index (χ2v) is 5.85. The average molecular weight is 260 g/mol. The van der Waals surface area contributed by atoms with Gasteiger partial charge in [-0.15, -0.1) is 0 Å². The third-order valence-electron chi connectivity index (χ3n) is 3.43. The molecule has 2 unspecified atom stereocenters. The Labute approximate surface area is 116 Å². The van der Waals surface area contributed by atoms with E-state index in [1.54, 1.807) is 0 Å². The third kappa shape index (κ3) is 5.42. The highest BCUT2D eigenvalue weighted by molar-refractivity contribution is 5.18. The van der Waals surface area contributed by atoms with E-state index in [1.165, 1.54) is 0 Å². The van der Waals surface area contributed by atoms with Gasteiger partial charge in [-0.3, -0.25) is 0 Å². The Bertz CT molecular complexity index is 409. The van der Waals surface area contributed by atoms with E-state index in [2.05, 4.69) is 25.2 Å². The molecule has 0 saturated heterocycles. The summed E-state index contributed by atoms with van der Waals surface area (Å²) in [5.41, 5.74) is 0.998. The molecule has 1 aromatic rings. The molecule has 0 heterocycles. The van der Waals surface area contributed by atoms with E-state index in [9.17, 15) is 5.11 Å². The highest BCUT2D eigenvalue weighted by atomic mass is 16.3. The topological polar surface area (TPSA) is 56.0 Å². The summed E-state index contributed by atoms with van der Waals surface area (Å²) in [6, 6.07) is 11.8. The van der Waals surface area contributed by atoms with Crippen molar-refractivity contribution in [3.63, 3.8) is 0 Å². The van der Waals surface area contributed by atoms with E-state index in [1.807, 2.05) is 37.3 Å². The van der Waals surface area contributed by atoms with E-state index in [0.29, 0.717) is 6.42 Å². The first-order valence-corrected chi connectivity index (χ1v) is 6.79. The highest BCUT2D eigenvalue weighted by Crippen LogP contribution is 2.22. The molecule has 3 nitrogen and oxygen atoms in total. The van der Waals surface area contributed by atoms with Gasteiger partial charge in [0.15, 0.2) is 0 Å². The Morgan fingerprint density at radius 3 is 2.53 bits per heavy atom. The molecule has 2 N–H and O–H groups in total. The van der Waals surface area contributed by atoms with E-state index in [-0.39, 0.29) is 11.5 Å². The third-order valence-corrected chi connectivity index (χ3v) is 3.43. The molecular formula is C16H24N2O. The Morgan fingerprint density at radius 2 is 1.95 bits per heavy atom. The minimum Gasteiger partial charge on any atom is -0.387 e. The lowest BCUT2D eigenvalue weighted by Crippen LogP contribution is -2.38. The van der Waals surface area contributed by atoms with Crippen molar-refractivity contribution in [2.24, 2.45) is 5.41 Å². The fourth-order valence-electron chi connectivity index (χ4n) is 1.97. The average Bonchev–Trinajstić information content (AvgIpc) is 2.43. The molecule has 0 aliphatic rings. The minimum atomic E-state index is -0.507. The van der Waals surface area contributed by atoms with Gasteiger partial charge in [0.25, 0.3) is 0 Å². The highest BCUT2D eigenvalue weighted by Gasteiger charge is 2.21. The fraction of sp³-hybridized carbons (Fsp3) is 0.562. The lowest BCUT2D eigenvalue weighted by Gasteiger charge is -2.28. The molecule has 0 spiro atoms. The van der Waals surface area contributed by atoms with Crippen molar-refractivity contribution in [2.75, 3.05) is 6.54 Å². The van der Waals surface area contributed by atoms with Crippen molar-refractivity contribution >= 4 is 0 Å². The van der Waals surface area contributed by atoms with Crippen molar-refractivity contribution in [1.82, 2.24) is 5.32 Å². The molecule has 0 saturated carbocycles.